The number of aromatic nitrogens is 3. The first-order chi connectivity index (χ1) is 19.6. The van der Waals surface area contributed by atoms with Crippen LogP contribution in [-0.2, 0) is 0 Å². The van der Waals surface area contributed by atoms with Gasteiger partial charge in [0.15, 0.2) is 5.82 Å². The third-order valence-electron chi connectivity index (χ3n) is 8.25. The summed E-state index contributed by atoms with van der Waals surface area (Å²) in [6.45, 7) is 4.48. The van der Waals surface area contributed by atoms with Crippen LogP contribution in [0.1, 0.15) is 38.2 Å². The molecule has 0 radical (unpaired) electrons. The molecule has 8 nitrogen and oxygen atoms in total. The van der Waals surface area contributed by atoms with Crippen LogP contribution in [0.25, 0.3) is 32.9 Å². The van der Waals surface area contributed by atoms with Crippen molar-refractivity contribution in [2.75, 3.05) is 43.0 Å². The van der Waals surface area contributed by atoms with E-state index < -0.39 is 17.2 Å². The molecule has 0 bridgehead atoms. The molecule has 3 N–H and O–H groups in total. The first kappa shape index (κ1) is 27.1. The smallest absolute Gasteiger partial charge is 0.228 e. The third kappa shape index (κ3) is 5.00. The van der Waals surface area contributed by atoms with Gasteiger partial charge in [-0.25, -0.2) is 13.8 Å². The molecule has 0 spiro atoms. The van der Waals surface area contributed by atoms with Crippen LogP contribution >= 0.6 is 0 Å². The highest BCUT2D eigenvalue weighted by Gasteiger charge is 2.30. The molecule has 212 valence electrons. The molecular weight excluding hydrogens is 526 g/mol. The molecule has 2 aliphatic heterocycles. The lowest BCUT2D eigenvalue weighted by atomic mass is 9.94. The predicted molar refractivity (Wildman–Crippen MR) is 156 cm³/mol. The molecule has 10 heteroatoms. The Morgan fingerprint density at radius 3 is 2.71 bits per heavy atom. The van der Waals surface area contributed by atoms with Gasteiger partial charge in [0.05, 0.1) is 16.6 Å². The van der Waals surface area contributed by atoms with Crippen LogP contribution in [0.4, 0.5) is 20.5 Å². The van der Waals surface area contributed by atoms with E-state index in [1.165, 1.54) is 30.5 Å². The van der Waals surface area contributed by atoms with Crippen LogP contribution < -0.4 is 15.1 Å². The van der Waals surface area contributed by atoms with E-state index >= 15 is 4.39 Å². The van der Waals surface area contributed by atoms with Crippen molar-refractivity contribution in [3.63, 3.8) is 0 Å². The Bertz CT molecular complexity index is 1690. The fourth-order valence-corrected chi connectivity index (χ4v) is 5.92. The topological polar surface area (TPSA) is 97.6 Å². The lowest BCUT2D eigenvalue weighted by Crippen LogP contribution is -2.43. The molecule has 2 aliphatic rings. The number of nitrogens with one attached hydrogen (secondary N) is 1. The molecule has 4 aromatic rings. The number of fused-ring (bicyclic) bond motifs is 2. The number of likely N-dealkylation sites (N-methyl/N-ethyl adjacent to an activating group) is 1. The number of hydrogen-bond acceptors (Lipinski definition) is 8. The summed E-state index contributed by atoms with van der Waals surface area (Å²) in [7, 11) is 1.92. The Labute approximate surface area is 237 Å². The van der Waals surface area contributed by atoms with E-state index in [1.807, 2.05) is 23.8 Å². The van der Waals surface area contributed by atoms with E-state index in [-0.39, 0.29) is 39.5 Å². The molecule has 0 amide bonds. The largest absolute Gasteiger partial charge is 0.508 e. The van der Waals surface area contributed by atoms with Crippen molar-refractivity contribution in [3.05, 3.63) is 47.7 Å². The second-order valence-corrected chi connectivity index (χ2v) is 11.3. The summed E-state index contributed by atoms with van der Waals surface area (Å²) >= 11 is 0. The van der Waals surface area contributed by atoms with Crippen molar-refractivity contribution in [2.24, 2.45) is 0 Å². The zero-order valence-electron chi connectivity index (χ0n) is 23.1. The molecule has 1 atom stereocenters. The number of hydrogen-bond donors (Lipinski definition) is 3. The summed E-state index contributed by atoms with van der Waals surface area (Å²) in [6, 6.07) is 5.79. The summed E-state index contributed by atoms with van der Waals surface area (Å²) in [4.78, 5) is 18.0. The highest BCUT2D eigenvalue weighted by molar-refractivity contribution is 6.03. The predicted octanol–water partition coefficient (Wildman–Crippen LogP) is 4.35. The van der Waals surface area contributed by atoms with Crippen LogP contribution in [0.2, 0.25) is 0 Å². The molecule has 2 aromatic carbocycles. The number of aliphatic hydroxyl groups is 1. The number of rotatable bonds is 5. The maximum absolute atomic E-state index is 16.6. The van der Waals surface area contributed by atoms with E-state index in [0.29, 0.717) is 55.0 Å². The maximum Gasteiger partial charge on any atom is 0.228 e. The Morgan fingerprint density at radius 2 is 2.00 bits per heavy atom. The molecular formula is C31H32F2N6O2. The van der Waals surface area contributed by atoms with E-state index in [0.717, 1.165) is 19.4 Å². The number of piperidine rings is 1. The lowest BCUT2D eigenvalue weighted by molar-refractivity contribution is 0.0349. The molecule has 4 heterocycles. The SMILES string of the molecule is C#Cc1c(F)ccc2cc(O)cc(-c3ncc4c(N(C)C[C@@H]5CCCN5)nc(N5CCC(C)(O)CC5)nc4c3F)c12. The zero-order valence-corrected chi connectivity index (χ0v) is 23.1. The Kier molecular flexibility index (Phi) is 6.88. The lowest BCUT2D eigenvalue weighted by Gasteiger charge is -2.36. The van der Waals surface area contributed by atoms with Gasteiger partial charge in [-0.05, 0) is 62.7 Å². The number of halogens is 2. The number of phenolic OH excluding ortho intramolecular Hbond substituents is 1. The molecule has 6 rings (SSSR count). The van der Waals surface area contributed by atoms with Crippen LogP contribution in [-0.4, -0.2) is 70.0 Å². The second kappa shape index (κ2) is 10.4. The van der Waals surface area contributed by atoms with Gasteiger partial charge in [0, 0.05) is 49.9 Å². The third-order valence-corrected chi connectivity index (χ3v) is 8.25. The summed E-state index contributed by atoms with van der Waals surface area (Å²) in [5.41, 5.74) is -0.672. The van der Waals surface area contributed by atoms with Gasteiger partial charge in [-0.15, -0.1) is 6.42 Å². The molecule has 2 fully saturated rings. The fraction of sp³-hybridized carbons (Fsp3) is 0.387. The van der Waals surface area contributed by atoms with Gasteiger partial charge in [-0.1, -0.05) is 12.0 Å². The zero-order chi connectivity index (χ0) is 28.9. The van der Waals surface area contributed by atoms with Crippen LogP contribution in [0.5, 0.6) is 5.75 Å². The second-order valence-electron chi connectivity index (χ2n) is 11.3. The first-order valence-electron chi connectivity index (χ1n) is 13.9. The molecule has 0 unspecified atom stereocenters. The van der Waals surface area contributed by atoms with Crippen molar-refractivity contribution in [1.82, 2.24) is 20.3 Å². The molecule has 0 saturated carbocycles. The Balaban J connectivity index is 1.55. The van der Waals surface area contributed by atoms with Crippen LogP contribution in [0, 0.1) is 24.0 Å². The van der Waals surface area contributed by atoms with Gasteiger partial charge in [0.2, 0.25) is 5.95 Å². The number of benzene rings is 2. The van der Waals surface area contributed by atoms with E-state index in [2.05, 4.69) is 21.2 Å². The van der Waals surface area contributed by atoms with Gasteiger partial charge in [0.25, 0.3) is 0 Å². The minimum atomic E-state index is -0.774. The fourth-order valence-electron chi connectivity index (χ4n) is 5.92. The van der Waals surface area contributed by atoms with Crippen LogP contribution in [0.15, 0.2) is 30.5 Å². The van der Waals surface area contributed by atoms with Gasteiger partial charge in [0.1, 0.15) is 28.6 Å². The van der Waals surface area contributed by atoms with Gasteiger partial charge in [-0.3, -0.25) is 4.98 Å². The van der Waals surface area contributed by atoms with Crippen molar-refractivity contribution in [2.45, 2.75) is 44.2 Å². The average Bonchev–Trinajstić information content (AvgIpc) is 3.46. The summed E-state index contributed by atoms with van der Waals surface area (Å²) in [6.07, 6.45) is 10.4. The number of terminal acetylenes is 1. The highest BCUT2D eigenvalue weighted by atomic mass is 19.1. The van der Waals surface area contributed by atoms with Gasteiger partial charge >= 0.3 is 0 Å². The summed E-state index contributed by atoms with van der Waals surface area (Å²) in [5, 5.41) is 25.6. The molecule has 41 heavy (non-hydrogen) atoms. The summed E-state index contributed by atoms with van der Waals surface area (Å²) < 4.78 is 31.3. The average molecular weight is 559 g/mol. The number of nitrogens with zero attached hydrogens (tertiary/aromatic N) is 5. The van der Waals surface area contributed by atoms with Crippen molar-refractivity contribution < 1.29 is 19.0 Å². The van der Waals surface area contributed by atoms with Crippen molar-refractivity contribution in [3.8, 4) is 29.4 Å². The number of aromatic hydroxyl groups is 1. The summed E-state index contributed by atoms with van der Waals surface area (Å²) in [5.74, 6) is 1.81. The van der Waals surface area contributed by atoms with E-state index in [1.54, 1.807) is 0 Å². The minimum Gasteiger partial charge on any atom is -0.508 e. The first-order valence-corrected chi connectivity index (χ1v) is 13.9. The quantitative estimate of drug-likeness (QED) is 0.311. The standard InChI is InChI=1S/C31H32F2N6O2/c1-4-21-24(32)8-7-18-14-20(40)15-22(25(18)21)27-26(33)28-23(16-35-27)29(38(3)17-19-6-5-11-34-19)37-30(36-28)39-12-9-31(2,41)10-13-39/h1,7-8,14-16,19,34,40-41H,5-6,9-13,17H2,2-3H3/t19-/m0/s1. The van der Waals surface area contributed by atoms with Crippen molar-refractivity contribution >= 4 is 33.4 Å². The molecule has 2 saturated heterocycles. The van der Waals surface area contributed by atoms with Gasteiger partial charge < -0.3 is 25.3 Å². The molecule has 0 aliphatic carbocycles. The minimum absolute atomic E-state index is 0.0352. The monoisotopic (exact) mass is 558 g/mol. The maximum atomic E-state index is 16.6. The number of phenols is 1. The normalized spacial score (nSPS) is 18.6. The Hall–Kier alpha value is -4.07. The highest BCUT2D eigenvalue weighted by Crippen LogP contribution is 2.39. The van der Waals surface area contributed by atoms with E-state index in [9.17, 15) is 14.6 Å². The van der Waals surface area contributed by atoms with Crippen LogP contribution in [0.3, 0.4) is 0 Å². The van der Waals surface area contributed by atoms with Gasteiger partial charge in [-0.2, -0.15) is 4.98 Å². The number of anilines is 2. The van der Waals surface area contributed by atoms with Crippen molar-refractivity contribution in [1.29, 1.82) is 0 Å². The molecule has 2 aromatic heterocycles. The van der Waals surface area contributed by atoms with E-state index in [4.69, 9.17) is 11.4 Å². The Morgan fingerprint density at radius 1 is 1.22 bits per heavy atom. The number of pyridine rings is 1.